The van der Waals surface area contributed by atoms with Gasteiger partial charge in [-0.2, -0.15) is 0 Å². The molecular weight excluding hydrogens is 166 g/mol. The molecule has 0 aromatic heterocycles. The first-order valence-corrected chi connectivity index (χ1v) is 7.66. The van der Waals surface area contributed by atoms with Crippen molar-refractivity contribution in [2.75, 3.05) is 0 Å². The summed E-state index contributed by atoms with van der Waals surface area (Å²) >= 11 is 0.284. The molecule has 55 valence electrons. The zero-order valence-corrected chi connectivity index (χ0v) is 9.83. The van der Waals surface area contributed by atoms with Gasteiger partial charge in [0.05, 0.1) is 0 Å². The number of unbranched alkanes of at least 4 members (excludes halogenated alkanes) is 1. The molecule has 0 nitrogen and oxygen atoms in total. The topological polar surface area (TPSA) is 0 Å². The Balaban J connectivity index is 0. The van der Waals surface area contributed by atoms with Crippen LogP contribution in [-0.2, 0) is 0 Å². The maximum atomic E-state index is 2.32. The van der Waals surface area contributed by atoms with Crippen molar-refractivity contribution in [1.82, 2.24) is 0 Å². The minimum absolute atomic E-state index is 0.284. The van der Waals surface area contributed by atoms with Crippen molar-refractivity contribution in [1.29, 1.82) is 0 Å². The molecule has 1 heteroatoms. The van der Waals surface area contributed by atoms with Crippen molar-refractivity contribution < 1.29 is 0 Å². The monoisotopic (exact) mass is 185 g/mol. The van der Waals surface area contributed by atoms with E-state index in [1.807, 2.05) is 13.8 Å². The Bertz CT molecular complexity index is 23.7. The van der Waals surface area contributed by atoms with Gasteiger partial charge in [0.25, 0.3) is 0 Å². The minimum atomic E-state index is 0.284. The van der Waals surface area contributed by atoms with Gasteiger partial charge in [-0.25, -0.2) is 0 Å². The van der Waals surface area contributed by atoms with Crippen LogP contribution >= 0.6 is 0 Å². The van der Waals surface area contributed by atoms with E-state index in [9.17, 15) is 0 Å². The summed E-state index contributed by atoms with van der Waals surface area (Å²) in [6, 6.07) is 0. The van der Waals surface area contributed by atoms with E-state index in [0.717, 1.165) is 0 Å². The van der Waals surface area contributed by atoms with Gasteiger partial charge in [0.1, 0.15) is 0 Å². The molecule has 9 heavy (non-hydrogen) atoms. The zero-order chi connectivity index (χ0) is 7.54. The van der Waals surface area contributed by atoms with Crippen LogP contribution in [0.4, 0.5) is 0 Å². The number of rotatable bonds is 4. The van der Waals surface area contributed by atoms with Crippen LogP contribution in [0.5, 0.6) is 0 Å². The van der Waals surface area contributed by atoms with Crippen molar-refractivity contribution in [3.63, 3.8) is 0 Å². The Kier molecular flexibility index (Phi) is 21.7. The van der Waals surface area contributed by atoms with Crippen LogP contribution in [0.2, 0.25) is 9.95 Å². The number of hydrogen-bond donors (Lipinski definition) is 0. The molecule has 0 spiro atoms. The molecule has 0 aromatic rings. The molecule has 0 amide bonds. The Morgan fingerprint density at radius 3 is 2.00 bits per heavy atom. The van der Waals surface area contributed by atoms with Gasteiger partial charge in [0.2, 0.25) is 0 Å². The van der Waals surface area contributed by atoms with Crippen LogP contribution in [0.15, 0.2) is 0 Å². The quantitative estimate of drug-likeness (QED) is 0.466. The SMILES string of the molecule is CC.CCC[CH2][Ga][CH2]C. The van der Waals surface area contributed by atoms with Crippen LogP contribution < -0.4 is 0 Å². The summed E-state index contributed by atoms with van der Waals surface area (Å²) in [6.07, 6.45) is 2.89. The molecule has 0 saturated heterocycles. The molecular formula is C8H20Ga. The molecule has 0 rings (SSSR count). The van der Waals surface area contributed by atoms with E-state index < -0.39 is 0 Å². The molecule has 0 heterocycles. The average molecular weight is 186 g/mol. The van der Waals surface area contributed by atoms with Crippen LogP contribution in [0.1, 0.15) is 40.5 Å². The summed E-state index contributed by atoms with van der Waals surface area (Å²) < 4.78 is 0. The van der Waals surface area contributed by atoms with Gasteiger partial charge in [-0.05, 0) is 0 Å². The van der Waals surface area contributed by atoms with E-state index in [2.05, 4.69) is 13.8 Å². The van der Waals surface area contributed by atoms with Crippen LogP contribution in [0.3, 0.4) is 0 Å². The Morgan fingerprint density at radius 2 is 1.67 bits per heavy atom. The van der Waals surface area contributed by atoms with Gasteiger partial charge in [-0.1, -0.05) is 13.8 Å². The predicted molar refractivity (Wildman–Crippen MR) is 47.3 cm³/mol. The van der Waals surface area contributed by atoms with Crippen molar-refractivity contribution >= 4 is 17.4 Å². The average Bonchev–Trinajstić information content (AvgIpc) is 1.94. The molecule has 0 fully saturated rings. The van der Waals surface area contributed by atoms with Crippen LogP contribution in [0.25, 0.3) is 0 Å². The molecule has 0 N–H and O–H groups in total. The van der Waals surface area contributed by atoms with E-state index in [4.69, 9.17) is 0 Å². The van der Waals surface area contributed by atoms with Crippen molar-refractivity contribution in [2.45, 2.75) is 50.5 Å². The second kappa shape index (κ2) is 15.9. The third-order valence-corrected chi connectivity index (χ3v) is 3.97. The fraction of sp³-hybridized carbons (Fsp3) is 1.00. The summed E-state index contributed by atoms with van der Waals surface area (Å²) in [6.45, 7) is 8.59. The summed E-state index contributed by atoms with van der Waals surface area (Å²) in [4.78, 5) is 3.11. The summed E-state index contributed by atoms with van der Waals surface area (Å²) in [5, 5.41) is 0. The Hall–Kier alpha value is 0.636. The molecule has 0 aliphatic rings. The summed E-state index contributed by atoms with van der Waals surface area (Å²) in [7, 11) is 0. The molecule has 0 aliphatic heterocycles. The van der Waals surface area contributed by atoms with Gasteiger partial charge >= 0.3 is 54.0 Å². The summed E-state index contributed by atoms with van der Waals surface area (Å²) in [5.41, 5.74) is 0. The van der Waals surface area contributed by atoms with Crippen molar-refractivity contribution in [2.24, 2.45) is 0 Å². The van der Waals surface area contributed by atoms with Gasteiger partial charge in [0, 0.05) is 0 Å². The fourth-order valence-corrected chi connectivity index (χ4v) is 2.87. The molecule has 0 atom stereocenters. The Morgan fingerprint density at radius 1 is 1.11 bits per heavy atom. The van der Waals surface area contributed by atoms with Gasteiger partial charge in [0.15, 0.2) is 0 Å². The second-order valence-corrected chi connectivity index (χ2v) is 5.97. The standard InChI is InChI=1S/C4H9.C2H6.C2H5.Ga/c1-3-4-2;2*1-2;/h1,3-4H2,2H3;1-2H3;1H2,2H3;. The van der Waals surface area contributed by atoms with E-state index in [-0.39, 0.29) is 17.4 Å². The zero-order valence-electron chi connectivity index (χ0n) is 7.41. The number of hydrogen-bond acceptors (Lipinski definition) is 0. The summed E-state index contributed by atoms with van der Waals surface area (Å²) in [5.74, 6) is 0. The molecule has 0 aromatic carbocycles. The molecule has 0 saturated carbocycles. The van der Waals surface area contributed by atoms with E-state index in [0.29, 0.717) is 0 Å². The van der Waals surface area contributed by atoms with Gasteiger partial charge < -0.3 is 0 Å². The predicted octanol–water partition coefficient (Wildman–Crippen LogP) is 3.37. The van der Waals surface area contributed by atoms with Crippen molar-refractivity contribution in [3.8, 4) is 0 Å². The van der Waals surface area contributed by atoms with Gasteiger partial charge in [-0.3, -0.25) is 0 Å². The maximum absolute atomic E-state index is 2.32. The normalized spacial score (nSPS) is 7.56. The van der Waals surface area contributed by atoms with E-state index in [1.54, 1.807) is 4.98 Å². The molecule has 0 aliphatic carbocycles. The van der Waals surface area contributed by atoms with Crippen LogP contribution in [-0.4, -0.2) is 17.4 Å². The fourth-order valence-electron chi connectivity index (χ4n) is 0.553. The third-order valence-electron chi connectivity index (χ3n) is 1.05. The van der Waals surface area contributed by atoms with E-state index >= 15 is 0 Å². The van der Waals surface area contributed by atoms with Crippen LogP contribution in [0, 0.1) is 0 Å². The molecule has 1 radical (unpaired) electrons. The van der Waals surface area contributed by atoms with Gasteiger partial charge in [-0.15, -0.1) is 0 Å². The first-order valence-electron chi connectivity index (χ1n) is 4.23. The first kappa shape index (κ1) is 12.3. The third kappa shape index (κ3) is 17.7. The molecule has 0 unspecified atom stereocenters. The van der Waals surface area contributed by atoms with Crippen molar-refractivity contribution in [3.05, 3.63) is 0 Å². The Labute approximate surface area is 68.2 Å². The first-order chi connectivity index (χ1) is 4.41. The second-order valence-electron chi connectivity index (χ2n) is 1.84. The van der Waals surface area contributed by atoms with E-state index in [1.165, 1.54) is 17.8 Å². The molecule has 0 bridgehead atoms.